The zero-order valence-corrected chi connectivity index (χ0v) is 13.1. The highest BCUT2D eigenvalue weighted by atomic mass is 32.2. The molecule has 0 aromatic heterocycles. The second kappa shape index (κ2) is 9.37. The Bertz CT molecular complexity index is 529. The van der Waals surface area contributed by atoms with Crippen molar-refractivity contribution in [2.45, 2.75) is 12.5 Å². The number of benzene rings is 1. The van der Waals surface area contributed by atoms with Crippen LogP contribution in [-0.4, -0.2) is 43.6 Å². The van der Waals surface area contributed by atoms with E-state index < -0.39 is 23.4 Å². The van der Waals surface area contributed by atoms with Gasteiger partial charge in [0.25, 0.3) is 0 Å². The molecule has 2 amide bonds. The number of hydrogen-bond acceptors (Lipinski definition) is 4. The van der Waals surface area contributed by atoms with Crippen LogP contribution in [0, 0.1) is 11.6 Å². The van der Waals surface area contributed by atoms with Gasteiger partial charge in [0.05, 0.1) is 11.8 Å². The van der Waals surface area contributed by atoms with Crippen molar-refractivity contribution < 1.29 is 23.1 Å². The summed E-state index contributed by atoms with van der Waals surface area (Å²) in [5.74, 6) is -2.78. The van der Waals surface area contributed by atoms with Crippen molar-refractivity contribution in [1.82, 2.24) is 5.32 Å². The lowest BCUT2D eigenvalue weighted by Crippen LogP contribution is -2.40. The molecule has 0 aliphatic carbocycles. The van der Waals surface area contributed by atoms with Crippen LogP contribution in [-0.2, 0) is 14.3 Å². The topological polar surface area (TPSA) is 67.4 Å². The van der Waals surface area contributed by atoms with Gasteiger partial charge in [0.2, 0.25) is 0 Å². The molecule has 0 fully saturated rings. The molecule has 5 nitrogen and oxygen atoms in total. The molecule has 0 radical (unpaired) electrons. The third-order valence-electron chi connectivity index (χ3n) is 2.85. The molecular formula is C14H18F2N2O3S. The average Bonchev–Trinajstić information content (AvgIpc) is 2.49. The molecule has 8 heteroatoms. The summed E-state index contributed by atoms with van der Waals surface area (Å²) in [5.41, 5.74) is -0.257. The van der Waals surface area contributed by atoms with Gasteiger partial charge in [-0.15, -0.1) is 0 Å². The molecule has 0 heterocycles. The second-order valence-electron chi connectivity index (χ2n) is 4.43. The summed E-state index contributed by atoms with van der Waals surface area (Å²) in [6, 6.07) is 2.66. The van der Waals surface area contributed by atoms with E-state index in [0.717, 1.165) is 24.3 Å². The summed E-state index contributed by atoms with van der Waals surface area (Å²) in [6.07, 6.45) is 2.48. The molecule has 1 aromatic carbocycles. The van der Waals surface area contributed by atoms with Crippen LogP contribution >= 0.6 is 11.8 Å². The number of rotatable bonds is 7. The maximum absolute atomic E-state index is 13.4. The van der Waals surface area contributed by atoms with Gasteiger partial charge in [-0.1, -0.05) is 0 Å². The fourth-order valence-electron chi connectivity index (χ4n) is 1.61. The third-order valence-corrected chi connectivity index (χ3v) is 3.50. The second-order valence-corrected chi connectivity index (χ2v) is 5.41. The molecule has 1 rings (SSSR count). The van der Waals surface area contributed by atoms with E-state index in [2.05, 4.69) is 10.6 Å². The molecule has 1 unspecified atom stereocenters. The Kier molecular flexibility index (Phi) is 7.83. The van der Waals surface area contributed by atoms with Gasteiger partial charge in [-0.05, 0) is 30.6 Å². The fraction of sp³-hybridized carbons (Fsp3) is 0.429. The highest BCUT2D eigenvalue weighted by Crippen LogP contribution is 2.14. The van der Waals surface area contributed by atoms with Crippen LogP contribution in [0.2, 0.25) is 0 Å². The van der Waals surface area contributed by atoms with Crippen LogP contribution in [0.1, 0.15) is 6.42 Å². The molecule has 2 N–H and O–H groups in total. The highest BCUT2D eigenvalue weighted by Gasteiger charge is 2.17. The number of ether oxygens (including phenoxy) is 1. The lowest BCUT2D eigenvalue weighted by molar-refractivity contribution is -0.136. The molecule has 0 aliphatic heterocycles. The molecule has 1 aromatic rings. The number of anilines is 1. The summed E-state index contributed by atoms with van der Waals surface area (Å²) in [4.78, 5) is 23.3. The molecule has 1 atom stereocenters. The number of methoxy groups -OCH3 is 1. The van der Waals surface area contributed by atoms with Crippen LogP contribution in [0.4, 0.5) is 14.5 Å². The van der Waals surface area contributed by atoms with E-state index in [9.17, 15) is 18.4 Å². The first-order valence-electron chi connectivity index (χ1n) is 6.54. The average molecular weight is 332 g/mol. The molecule has 0 spiro atoms. The van der Waals surface area contributed by atoms with E-state index in [1.807, 2.05) is 6.26 Å². The van der Waals surface area contributed by atoms with Crippen molar-refractivity contribution in [2.75, 3.05) is 31.0 Å². The maximum Gasteiger partial charge on any atom is 0.313 e. The van der Waals surface area contributed by atoms with Gasteiger partial charge in [0.15, 0.2) is 0 Å². The van der Waals surface area contributed by atoms with Gasteiger partial charge < -0.3 is 15.4 Å². The molecule has 0 saturated heterocycles. The SMILES string of the molecule is COC(CCSC)CNC(=O)C(=O)Nc1ccc(F)cc1F. The van der Waals surface area contributed by atoms with E-state index in [4.69, 9.17) is 4.74 Å². The first-order valence-corrected chi connectivity index (χ1v) is 7.93. The molecule has 22 heavy (non-hydrogen) atoms. The van der Waals surface area contributed by atoms with E-state index in [1.165, 1.54) is 7.11 Å². The van der Waals surface area contributed by atoms with Crippen LogP contribution in [0.25, 0.3) is 0 Å². The number of amides is 2. The predicted octanol–water partition coefficient (Wildman–Crippen LogP) is 1.79. The Morgan fingerprint density at radius 1 is 1.32 bits per heavy atom. The van der Waals surface area contributed by atoms with Crippen LogP contribution < -0.4 is 10.6 Å². The van der Waals surface area contributed by atoms with E-state index >= 15 is 0 Å². The minimum atomic E-state index is -1.02. The quantitative estimate of drug-likeness (QED) is 0.747. The monoisotopic (exact) mass is 332 g/mol. The van der Waals surface area contributed by atoms with Gasteiger partial charge in [-0.3, -0.25) is 9.59 Å². The first kappa shape index (κ1) is 18.4. The van der Waals surface area contributed by atoms with Gasteiger partial charge >= 0.3 is 11.8 Å². The Morgan fingerprint density at radius 3 is 2.64 bits per heavy atom. The number of thioether (sulfide) groups is 1. The van der Waals surface area contributed by atoms with E-state index in [0.29, 0.717) is 6.07 Å². The molecule has 0 aliphatic rings. The molecule has 0 bridgehead atoms. The van der Waals surface area contributed by atoms with Gasteiger partial charge in [-0.25, -0.2) is 8.78 Å². The summed E-state index contributed by atoms with van der Waals surface area (Å²) < 4.78 is 31.3. The van der Waals surface area contributed by atoms with Gasteiger partial charge in [0, 0.05) is 19.7 Å². The van der Waals surface area contributed by atoms with E-state index in [-0.39, 0.29) is 18.3 Å². The van der Waals surface area contributed by atoms with Crippen molar-refractivity contribution in [3.63, 3.8) is 0 Å². The minimum absolute atomic E-state index is 0.176. The molecular weight excluding hydrogens is 314 g/mol. The number of hydrogen-bond donors (Lipinski definition) is 2. The van der Waals surface area contributed by atoms with Crippen LogP contribution in [0.15, 0.2) is 18.2 Å². The van der Waals surface area contributed by atoms with Crippen LogP contribution in [0.3, 0.4) is 0 Å². The Hall–Kier alpha value is -1.67. The van der Waals surface area contributed by atoms with Gasteiger partial charge in [0.1, 0.15) is 11.6 Å². The van der Waals surface area contributed by atoms with E-state index in [1.54, 1.807) is 11.8 Å². The zero-order chi connectivity index (χ0) is 16.5. The Balaban J connectivity index is 2.49. The van der Waals surface area contributed by atoms with Crippen molar-refractivity contribution in [2.24, 2.45) is 0 Å². The van der Waals surface area contributed by atoms with Crippen molar-refractivity contribution in [3.05, 3.63) is 29.8 Å². The molecule has 122 valence electrons. The van der Waals surface area contributed by atoms with Gasteiger partial charge in [-0.2, -0.15) is 11.8 Å². The van der Waals surface area contributed by atoms with Crippen molar-refractivity contribution >= 4 is 29.3 Å². The predicted molar refractivity (Wildman–Crippen MR) is 81.8 cm³/mol. The number of halogens is 2. The normalized spacial score (nSPS) is 11.8. The zero-order valence-electron chi connectivity index (χ0n) is 12.3. The van der Waals surface area contributed by atoms with Crippen LogP contribution in [0.5, 0.6) is 0 Å². The lowest BCUT2D eigenvalue weighted by Gasteiger charge is -2.15. The maximum atomic E-state index is 13.4. The largest absolute Gasteiger partial charge is 0.380 e. The smallest absolute Gasteiger partial charge is 0.313 e. The minimum Gasteiger partial charge on any atom is -0.380 e. The highest BCUT2D eigenvalue weighted by molar-refractivity contribution is 7.98. The standard InChI is InChI=1S/C14H18F2N2O3S/c1-21-10(5-6-22-2)8-17-13(19)14(20)18-12-4-3-9(15)7-11(12)16/h3-4,7,10H,5-6,8H2,1-2H3,(H,17,19)(H,18,20). The van der Waals surface area contributed by atoms with Crippen molar-refractivity contribution in [3.8, 4) is 0 Å². The summed E-state index contributed by atoms with van der Waals surface area (Å²) in [6.45, 7) is 0.176. The number of carbonyl (C=O) groups excluding carboxylic acids is 2. The lowest BCUT2D eigenvalue weighted by atomic mass is 10.2. The molecule has 0 saturated carbocycles. The first-order chi connectivity index (χ1) is 10.5. The number of nitrogens with one attached hydrogen (secondary N) is 2. The summed E-state index contributed by atoms with van der Waals surface area (Å²) in [7, 11) is 1.52. The number of carbonyl (C=O) groups is 2. The fourth-order valence-corrected chi connectivity index (χ4v) is 2.11. The summed E-state index contributed by atoms with van der Waals surface area (Å²) in [5, 5.41) is 4.50. The third kappa shape index (κ3) is 5.98. The Morgan fingerprint density at radius 2 is 2.05 bits per heavy atom. The van der Waals surface area contributed by atoms with Crippen molar-refractivity contribution in [1.29, 1.82) is 0 Å². The Labute approximate surface area is 131 Å². The summed E-state index contributed by atoms with van der Waals surface area (Å²) >= 11 is 1.65.